The Balaban J connectivity index is 1.57. The lowest BCUT2D eigenvalue weighted by Gasteiger charge is -2.33. The largest absolute Gasteiger partial charge is 0.489 e. The monoisotopic (exact) mass is 344 g/mol. The Morgan fingerprint density at radius 2 is 2.16 bits per heavy atom. The summed E-state index contributed by atoms with van der Waals surface area (Å²) in [6, 6.07) is 7.84. The number of aromatic nitrogens is 2. The highest BCUT2D eigenvalue weighted by atomic mass is 16.6. The summed E-state index contributed by atoms with van der Waals surface area (Å²) in [5.74, 6) is 0.683. The molecule has 1 atom stereocenters. The maximum atomic E-state index is 12.4. The fraction of sp³-hybridized carbons (Fsp3) is 0.412. The van der Waals surface area contributed by atoms with Crippen molar-refractivity contribution < 1.29 is 14.5 Å². The Labute approximate surface area is 145 Å². The molecule has 8 heteroatoms. The average Bonchev–Trinajstić information content (AvgIpc) is 3.06. The van der Waals surface area contributed by atoms with Gasteiger partial charge in [0, 0.05) is 6.54 Å². The predicted octanol–water partition coefficient (Wildman–Crippen LogP) is 2.17. The van der Waals surface area contributed by atoms with Crippen LogP contribution in [0.3, 0.4) is 0 Å². The Morgan fingerprint density at radius 1 is 1.40 bits per heavy atom. The van der Waals surface area contributed by atoms with Crippen LogP contribution in [-0.2, 0) is 11.3 Å². The van der Waals surface area contributed by atoms with Crippen LogP contribution in [0, 0.1) is 17.0 Å². The molecule has 3 rings (SSSR count). The van der Waals surface area contributed by atoms with Gasteiger partial charge in [-0.25, -0.2) is 0 Å². The van der Waals surface area contributed by atoms with E-state index in [4.69, 9.17) is 4.74 Å². The molecule has 2 heterocycles. The van der Waals surface area contributed by atoms with Gasteiger partial charge in [0.05, 0.1) is 11.5 Å². The second-order valence-electron chi connectivity index (χ2n) is 6.19. The van der Waals surface area contributed by atoms with E-state index >= 15 is 0 Å². The molecule has 1 aliphatic heterocycles. The Morgan fingerprint density at radius 3 is 2.84 bits per heavy atom. The number of hydrogen-bond donors (Lipinski definition) is 0. The first-order valence-corrected chi connectivity index (χ1v) is 8.19. The number of benzene rings is 1. The predicted molar refractivity (Wildman–Crippen MR) is 90.3 cm³/mol. The van der Waals surface area contributed by atoms with Gasteiger partial charge in [0.25, 0.3) is 0 Å². The molecular formula is C17H20N4O4. The Bertz CT molecular complexity index is 756. The van der Waals surface area contributed by atoms with Crippen molar-refractivity contribution in [2.45, 2.75) is 32.4 Å². The van der Waals surface area contributed by atoms with E-state index in [0.29, 0.717) is 13.1 Å². The van der Waals surface area contributed by atoms with Crippen molar-refractivity contribution in [2.75, 3.05) is 13.1 Å². The highest BCUT2D eigenvalue weighted by molar-refractivity contribution is 5.76. The normalized spacial score (nSPS) is 17.3. The molecule has 1 aromatic carbocycles. The number of rotatable bonds is 5. The van der Waals surface area contributed by atoms with Crippen molar-refractivity contribution in [1.29, 1.82) is 0 Å². The van der Waals surface area contributed by atoms with Crippen molar-refractivity contribution in [3.63, 3.8) is 0 Å². The topological polar surface area (TPSA) is 90.5 Å². The second kappa shape index (κ2) is 7.33. The number of nitrogens with zero attached hydrogens (tertiary/aromatic N) is 4. The lowest BCUT2D eigenvalue weighted by atomic mass is 10.1. The number of hydrogen-bond acceptors (Lipinski definition) is 5. The fourth-order valence-corrected chi connectivity index (χ4v) is 2.84. The van der Waals surface area contributed by atoms with Gasteiger partial charge in [-0.2, -0.15) is 5.10 Å². The second-order valence-corrected chi connectivity index (χ2v) is 6.19. The number of ether oxygens (including phenoxy) is 1. The van der Waals surface area contributed by atoms with Crippen LogP contribution < -0.4 is 4.74 Å². The zero-order valence-corrected chi connectivity index (χ0v) is 14.0. The summed E-state index contributed by atoms with van der Waals surface area (Å²) in [7, 11) is 0. The number of carbonyl (C=O) groups is 1. The Kier molecular flexibility index (Phi) is 4.97. The molecule has 132 valence electrons. The minimum atomic E-state index is -0.527. The van der Waals surface area contributed by atoms with Crippen LogP contribution in [-0.4, -0.2) is 44.7 Å². The van der Waals surface area contributed by atoms with E-state index < -0.39 is 4.92 Å². The standard InChI is InChI=1S/C17H20N4O4/c1-13-4-6-15(7-5-13)25-16-3-2-8-19(11-16)17(22)12-20-10-14(9-18-20)21(23)24/h4-7,9-10,16H,2-3,8,11-12H2,1H3. The molecule has 1 fully saturated rings. The van der Waals surface area contributed by atoms with Gasteiger partial charge in [-0.3, -0.25) is 19.6 Å². The van der Waals surface area contributed by atoms with Crippen LogP contribution in [0.2, 0.25) is 0 Å². The number of aryl methyl sites for hydroxylation is 1. The molecule has 0 bridgehead atoms. The molecule has 1 saturated heterocycles. The fourth-order valence-electron chi connectivity index (χ4n) is 2.84. The van der Waals surface area contributed by atoms with Crippen LogP contribution in [0.25, 0.3) is 0 Å². The highest BCUT2D eigenvalue weighted by Gasteiger charge is 2.25. The zero-order valence-electron chi connectivity index (χ0n) is 14.0. The van der Waals surface area contributed by atoms with E-state index in [1.165, 1.54) is 16.4 Å². The summed E-state index contributed by atoms with van der Waals surface area (Å²) in [6.07, 6.45) is 4.12. The first kappa shape index (κ1) is 16.9. The summed E-state index contributed by atoms with van der Waals surface area (Å²) in [5.41, 5.74) is 1.05. The summed E-state index contributed by atoms with van der Waals surface area (Å²) >= 11 is 0. The van der Waals surface area contributed by atoms with E-state index in [9.17, 15) is 14.9 Å². The van der Waals surface area contributed by atoms with E-state index in [1.54, 1.807) is 4.90 Å². The van der Waals surface area contributed by atoms with E-state index in [1.807, 2.05) is 31.2 Å². The number of likely N-dealkylation sites (tertiary alicyclic amines) is 1. The maximum Gasteiger partial charge on any atom is 0.307 e. The van der Waals surface area contributed by atoms with Crippen molar-refractivity contribution in [3.8, 4) is 5.75 Å². The van der Waals surface area contributed by atoms with Crippen molar-refractivity contribution in [1.82, 2.24) is 14.7 Å². The molecule has 0 saturated carbocycles. The van der Waals surface area contributed by atoms with Crippen LogP contribution in [0.4, 0.5) is 5.69 Å². The van der Waals surface area contributed by atoms with Crippen molar-refractivity contribution in [3.05, 3.63) is 52.3 Å². The molecule has 0 aliphatic carbocycles. The quantitative estimate of drug-likeness (QED) is 0.612. The summed E-state index contributed by atoms with van der Waals surface area (Å²) in [4.78, 5) is 24.3. The lowest BCUT2D eigenvalue weighted by Crippen LogP contribution is -2.45. The summed E-state index contributed by atoms with van der Waals surface area (Å²) in [5, 5.41) is 14.5. The van der Waals surface area contributed by atoms with Gasteiger partial charge < -0.3 is 9.64 Å². The van der Waals surface area contributed by atoms with E-state index in [0.717, 1.165) is 24.8 Å². The number of carbonyl (C=O) groups excluding carboxylic acids is 1. The molecule has 1 amide bonds. The van der Waals surface area contributed by atoms with E-state index in [-0.39, 0.29) is 24.2 Å². The van der Waals surface area contributed by atoms with Crippen molar-refractivity contribution in [2.24, 2.45) is 0 Å². The van der Waals surface area contributed by atoms with E-state index in [2.05, 4.69) is 5.10 Å². The van der Waals surface area contributed by atoms with Gasteiger partial charge in [0.2, 0.25) is 5.91 Å². The van der Waals surface area contributed by atoms with Gasteiger partial charge in [0.15, 0.2) is 0 Å². The minimum Gasteiger partial charge on any atom is -0.489 e. The van der Waals surface area contributed by atoms with Crippen LogP contribution in [0.5, 0.6) is 5.75 Å². The van der Waals surface area contributed by atoms with Gasteiger partial charge in [0.1, 0.15) is 30.8 Å². The maximum absolute atomic E-state index is 12.4. The first-order chi connectivity index (χ1) is 12.0. The third-order valence-corrected chi connectivity index (χ3v) is 4.18. The minimum absolute atomic E-state index is 0.00884. The smallest absolute Gasteiger partial charge is 0.307 e. The van der Waals surface area contributed by atoms with Crippen LogP contribution in [0.15, 0.2) is 36.7 Å². The molecule has 0 N–H and O–H groups in total. The van der Waals surface area contributed by atoms with Gasteiger partial charge in [-0.15, -0.1) is 0 Å². The third-order valence-electron chi connectivity index (χ3n) is 4.18. The highest BCUT2D eigenvalue weighted by Crippen LogP contribution is 2.19. The molecule has 25 heavy (non-hydrogen) atoms. The molecule has 1 unspecified atom stereocenters. The molecule has 0 radical (unpaired) electrons. The molecular weight excluding hydrogens is 324 g/mol. The summed E-state index contributed by atoms with van der Waals surface area (Å²) < 4.78 is 7.27. The number of nitro groups is 1. The molecule has 0 spiro atoms. The summed E-state index contributed by atoms with van der Waals surface area (Å²) in [6.45, 7) is 3.18. The Hall–Kier alpha value is -2.90. The SMILES string of the molecule is Cc1ccc(OC2CCCN(C(=O)Cn3cc([N+](=O)[O-])cn3)C2)cc1. The van der Waals surface area contributed by atoms with Gasteiger partial charge in [-0.05, 0) is 31.9 Å². The lowest BCUT2D eigenvalue weighted by molar-refractivity contribution is -0.385. The van der Waals surface area contributed by atoms with Crippen LogP contribution in [0.1, 0.15) is 18.4 Å². The average molecular weight is 344 g/mol. The number of piperidine rings is 1. The molecule has 1 aromatic heterocycles. The van der Waals surface area contributed by atoms with Gasteiger partial charge in [-0.1, -0.05) is 17.7 Å². The zero-order chi connectivity index (χ0) is 17.8. The van der Waals surface area contributed by atoms with Crippen LogP contribution >= 0.6 is 0 Å². The third kappa shape index (κ3) is 4.34. The number of amides is 1. The van der Waals surface area contributed by atoms with Gasteiger partial charge >= 0.3 is 5.69 Å². The van der Waals surface area contributed by atoms with Crippen molar-refractivity contribution >= 4 is 11.6 Å². The molecule has 2 aromatic rings. The first-order valence-electron chi connectivity index (χ1n) is 8.19. The molecule has 8 nitrogen and oxygen atoms in total. The molecule has 1 aliphatic rings.